The van der Waals surface area contributed by atoms with Crippen LogP contribution in [0.2, 0.25) is 0 Å². The summed E-state index contributed by atoms with van der Waals surface area (Å²) in [7, 11) is 1.60. The molecule has 0 saturated heterocycles. The van der Waals surface area contributed by atoms with Gasteiger partial charge in [0, 0.05) is 25.3 Å². The molecule has 1 amide bonds. The van der Waals surface area contributed by atoms with E-state index >= 15 is 0 Å². The summed E-state index contributed by atoms with van der Waals surface area (Å²) in [6, 6.07) is 0. The maximum Gasteiger partial charge on any atom is 0.268 e. The van der Waals surface area contributed by atoms with E-state index in [1.807, 2.05) is 6.92 Å². The molecule has 0 unspecified atom stereocenters. The third kappa shape index (κ3) is 2.97. The first-order chi connectivity index (χ1) is 9.06. The molecular weight excluding hydrogens is 282 g/mol. The average Bonchev–Trinajstić information content (AvgIpc) is 2.77. The minimum absolute atomic E-state index is 0.0289. The molecular formula is C12H17N3O2S2. The molecule has 2 heterocycles. The van der Waals surface area contributed by atoms with Crippen LogP contribution in [0, 0.1) is 0 Å². The lowest BCUT2D eigenvalue weighted by Crippen LogP contribution is -2.26. The third-order valence-electron chi connectivity index (χ3n) is 2.89. The van der Waals surface area contributed by atoms with Gasteiger partial charge in [-0.25, -0.2) is 4.98 Å². The summed E-state index contributed by atoms with van der Waals surface area (Å²) in [6.07, 6.45) is 0.827. The molecule has 1 aromatic heterocycles. The van der Waals surface area contributed by atoms with E-state index in [1.54, 1.807) is 23.4 Å². The Morgan fingerprint density at radius 2 is 2.37 bits per heavy atom. The highest BCUT2D eigenvalue weighted by Gasteiger charge is 2.25. The molecule has 0 bridgehead atoms. The lowest BCUT2D eigenvalue weighted by molar-refractivity contribution is -0.118. The molecule has 5 nitrogen and oxygen atoms in total. The highest BCUT2D eigenvalue weighted by molar-refractivity contribution is 8.00. The first kappa shape index (κ1) is 14.5. The summed E-state index contributed by atoms with van der Waals surface area (Å²) >= 11 is 2.92. The van der Waals surface area contributed by atoms with Crippen molar-refractivity contribution in [2.45, 2.75) is 42.1 Å². The Balaban J connectivity index is 2.34. The molecule has 7 heteroatoms. The average molecular weight is 299 g/mol. The smallest absolute Gasteiger partial charge is 0.268 e. The number of fused-ring (bicyclic) bond motifs is 1. The van der Waals surface area contributed by atoms with Crippen LogP contribution >= 0.6 is 23.5 Å². The molecule has 0 aromatic carbocycles. The van der Waals surface area contributed by atoms with Crippen molar-refractivity contribution in [3.8, 4) is 0 Å². The van der Waals surface area contributed by atoms with Crippen molar-refractivity contribution in [2.24, 2.45) is 0 Å². The van der Waals surface area contributed by atoms with Crippen molar-refractivity contribution in [1.29, 1.82) is 0 Å². The number of nitrogens with zero attached hydrogens (tertiary/aromatic N) is 2. The van der Waals surface area contributed by atoms with Gasteiger partial charge < -0.3 is 5.32 Å². The highest BCUT2D eigenvalue weighted by atomic mass is 32.2. The Kier molecular flexibility index (Phi) is 4.57. The molecule has 0 radical (unpaired) electrons. The van der Waals surface area contributed by atoms with Gasteiger partial charge in [-0.1, -0.05) is 18.7 Å². The standard InChI is InChI=1S/C12H17N3O2S2/c1-4-15-11(17)10-8(5-7(2)19-10)14-12(15)18-6-9(16)13-3/h7H,4-6H2,1-3H3,(H,13,16)/t7-/m0/s1. The largest absolute Gasteiger partial charge is 0.358 e. The summed E-state index contributed by atoms with van der Waals surface area (Å²) in [4.78, 5) is 29.0. The van der Waals surface area contributed by atoms with E-state index in [4.69, 9.17) is 0 Å². The first-order valence-corrected chi connectivity index (χ1v) is 8.07. The molecule has 104 valence electrons. The Morgan fingerprint density at radius 3 is 3.00 bits per heavy atom. The Bertz CT molecular complexity index is 557. The fourth-order valence-corrected chi connectivity index (χ4v) is 3.99. The van der Waals surface area contributed by atoms with E-state index in [1.165, 1.54) is 11.8 Å². The second kappa shape index (κ2) is 6.00. The van der Waals surface area contributed by atoms with Gasteiger partial charge in [0.15, 0.2) is 5.16 Å². The zero-order chi connectivity index (χ0) is 14.0. The van der Waals surface area contributed by atoms with Gasteiger partial charge in [0.2, 0.25) is 5.91 Å². The summed E-state index contributed by atoms with van der Waals surface area (Å²) in [5.74, 6) is 0.217. The molecule has 2 rings (SSSR count). The molecule has 1 atom stereocenters. The van der Waals surface area contributed by atoms with Crippen LogP contribution in [0.3, 0.4) is 0 Å². The number of rotatable bonds is 4. The number of carbonyl (C=O) groups excluding carboxylic acids is 1. The molecule has 19 heavy (non-hydrogen) atoms. The van der Waals surface area contributed by atoms with Crippen LogP contribution in [0.25, 0.3) is 0 Å². The molecule has 0 aliphatic carbocycles. The number of amides is 1. The SMILES string of the molecule is CCn1c(SCC(=O)NC)nc2c(c1=O)S[C@@H](C)C2. The lowest BCUT2D eigenvalue weighted by Gasteiger charge is -2.11. The van der Waals surface area contributed by atoms with Crippen LogP contribution in [-0.2, 0) is 17.8 Å². The maximum atomic E-state index is 12.4. The van der Waals surface area contributed by atoms with E-state index < -0.39 is 0 Å². The van der Waals surface area contributed by atoms with Crippen LogP contribution in [0.4, 0.5) is 0 Å². The number of thioether (sulfide) groups is 2. The first-order valence-electron chi connectivity index (χ1n) is 6.20. The molecule has 1 N–H and O–H groups in total. The Labute approximate surface area is 120 Å². The van der Waals surface area contributed by atoms with Crippen molar-refractivity contribution < 1.29 is 4.79 Å². The molecule has 0 spiro atoms. The normalized spacial score (nSPS) is 17.3. The number of carbonyl (C=O) groups is 1. The van der Waals surface area contributed by atoms with E-state index in [0.717, 1.165) is 17.0 Å². The quantitative estimate of drug-likeness (QED) is 0.667. The Morgan fingerprint density at radius 1 is 1.63 bits per heavy atom. The zero-order valence-corrected chi connectivity index (χ0v) is 12.9. The minimum atomic E-state index is -0.0647. The van der Waals surface area contributed by atoms with Gasteiger partial charge in [0.1, 0.15) is 0 Å². The van der Waals surface area contributed by atoms with Gasteiger partial charge in [-0.15, -0.1) is 11.8 Å². The zero-order valence-electron chi connectivity index (χ0n) is 11.2. The maximum absolute atomic E-state index is 12.4. The number of hydrogen-bond acceptors (Lipinski definition) is 5. The second-order valence-corrected chi connectivity index (χ2v) is 6.71. The van der Waals surface area contributed by atoms with Crippen LogP contribution in [0.15, 0.2) is 14.8 Å². The van der Waals surface area contributed by atoms with Crippen LogP contribution in [-0.4, -0.2) is 33.5 Å². The molecule has 0 saturated carbocycles. The van der Waals surface area contributed by atoms with Crippen molar-refractivity contribution in [3.05, 3.63) is 16.0 Å². The van der Waals surface area contributed by atoms with Crippen molar-refractivity contribution in [1.82, 2.24) is 14.9 Å². The number of aromatic nitrogens is 2. The molecule has 1 aromatic rings. The fraction of sp³-hybridized carbons (Fsp3) is 0.583. The minimum Gasteiger partial charge on any atom is -0.358 e. The van der Waals surface area contributed by atoms with Crippen molar-refractivity contribution in [2.75, 3.05) is 12.8 Å². The predicted molar refractivity (Wildman–Crippen MR) is 78.0 cm³/mol. The monoisotopic (exact) mass is 299 g/mol. The third-order valence-corrected chi connectivity index (χ3v) is 5.08. The molecule has 1 aliphatic rings. The van der Waals surface area contributed by atoms with Gasteiger partial charge in [-0.2, -0.15) is 0 Å². The summed E-state index contributed by atoms with van der Waals surface area (Å²) < 4.78 is 1.65. The van der Waals surface area contributed by atoms with Crippen molar-refractivity contribution >= 4 is 29.4 Å². The van der Waals surface area contributed by atoms with Crippen molar-refractivity contribution in [3.63, 3.8) is 0 Å². The lowest BCUT2D eigenvalue weighted by atomic mass is 10.2. The Hall–Kier alpha value is -0.950. The topological polar surface area (TPSA) is 64.0 Å². The summed E-state index contributed by atoms with van der Waals surface area (Å²) in [5.41, 5.74) is 0.910. The van der Waals surface area contributed by atoms with E-state index in [0.29, 0.717) is 17.0 Å². The van der Waals surface area contributed by atoms with Crippen LogP contribution < -0.4 is 10.9 Å². The van der Waals surface area contributed by atoms with Crippen LogP contribution in [0.5, 0.6) is 0 Å². The van der Waals surface area contributed by atoms with E-state index in [-0.39, 0.29) is 17.2 Å². The highest BCUT2D eigenvalue weighted by Crippen LogP contribution is 2.34. The van der Waals surface area contributed by atoms with Gasteiger partial charge >= 0.3 is 0 Å². The summed E-state index contributed by atoms with van der Waals surface area (Å²) in [6.45, 7) is 4.59. The van der Waals surface area contributed by atoms with E-state index in [2.05, 4.69) is 17.2 Å². The number of nitrogens with one attached hydrogen (secondary N) is 1. The fourth-order valence-electron chi connectivity index (χ4n) is 1.92. The van der Waals surface area contributed by atoms with E-state index in [9.17, 15) is 9.59 Å². The van der Waals surface area contributed by atoms with Gasteiger partial charge in [-0.3, -0.25) is 14.2 Å². The summed E-state index contributed by atoms with van der Waals surface area (Å²) in [5, 5.41) is 3.61. The number of hydrogen-bond donors (Lipinski definition) is 1. The molecule has 0 fully saturated rings. The van der Waals surface area contributed by atoms with Gasteiger partial charge in [0.25, 0.3) is 5.56 Å². The molecule has 1 aliphatic heterocycles. The van der Waals surface area contributed by atoms with Crippen LogP contribution in [0.1, 0.15) is 19.5 Å². The predicted octanol–water partition coefficient (Wildman–Crippen LogP) is 1.14. The van der Waals surface area contributed by atoms with Gasteiger partial charge in [-0.05, 0) is 6.92 Å². The second-order valence-electron chi connectivity index (χ2n) is 4.31. The van der Waals surface area contributed by atoms with Gasteiger partial charge in [0.05, 0.1) is 16.3 Å².